The highest BCUT2D eigenvalue weighted by atomic mass is 33.1. The van der Waals surface area contributed by atoms with Gasteiger partial charge in [-0.15, -0.1) is 0 Å². The van der Waals surface area contributed by atoms with Crippen molar-refractivity contribution < 1.29 is 13.0 Å². The molecular formula is C8H21NO3S2Si. The van der Waals surface area contributed by atoms with E-state index in [1.54, 1.807) is 0 Å². The van der Waals surface area contributed by atoms with Gasteiger partial charge in [-0.2, -0.15) is 8.42 Å². The van der Waals surface area contributed by atoms with E-state index in [0.29, 0.717) is 23.1 Å². The Morgan fingerprint density at radius 2 is 1.87 bits per heavy atom. The third-order valence-corrected chi connectivity index (χ3v) is 5.71. The smallest absolute Gasteiger partial charge is 0.316 e. The Balaban J connectivity index is 3.27. The molecule has 92 valence electrons. The molecule has 2 N–H and O–H groups in total. The summed E-state index contributed by atoms with van der Waals surface area (Å²) in [5, 5.41) is 3.16. The number of hydrogen-bond acceptors (Lipinski definition) is 4. The summed E-state index contributed by atoms with van der Waals surface area (Å²) in [5.74, 6) is 0.395. The topological polar surface area (TPSA) is 66.4 Å². The molecule has 0 aromatic rings. The van der Waals surface area contributed by atoms with E-state index < -0.39 is 17.2 Å². The summed E-state index contributed by atoms with van der Waals surface area (Å²) < 4.78 is 29.1. The molecule has 0 unspecified atom stereocenters. The van der Waals surface area contributed by atoms with E-state index in [0.717, 1.165) is 13.0 Å². The van der Waals surface area contributed by atoms with E-state index in [2.05, 4.69) is 25.0 Å². The SMILES string of the molecule is C[Si](C)(C)CCCNCCSS(=O)(=O)O. The van der Waals surface area contributed by atoms with Gasteiger partial charge in [0, 0.05) is 20.4 Å². The van der Waals surface area contributed by atoms with Crippen LogP contribution in [0.4, 0.5) is 0 Å². The average Bonchev–Trinajstić information content (AvgIpc) is 1.98. The summed E-state index contributed by atoms with van der Waals surface area (Å²) in [6.45, 7) is 8.55. The van der Waals surface area contributed by atoms with Crippen LogP contribution in [0.2, 0.25) is 25.7 Å². The largest absolute Gasteiger partial charge is 0.319 e. The molecule has 0 aliphatic heterocycles. The molecule has 0 aliphatic rings. The molecule has 0 heterocycles. The summed E-state index contributed by atoms with van der Waals surface area (Å²) in [6, 6.07) is 1.28. The van der Waals surface area contributed by atoms with Crippen LogP contribution in [0, 0.1) is 0 Å². The second kappa shape index (κ2) is 6.90. The maximum atomic E-state index is 10.3. The molecule has 0 aromatic heterocycles. The van der Waals surface area contributed by atoms with E-state index in [1.807, 2.05) is 0 Å². The van der Waals surface area contributed by atoms with Gasteiger partial charge in [0.25, 0.3) is 0 Å². The molecule has 0 fully saturated rings. The van der Waals surface area contributed by atoms with Gasteiger partial charge in [0.15, 0.2) is 0 Å². The lowest BCUT2D eigenvalue weighted by atomic mass is 10.5. The molecule has 0 radical (unpaired) electrons. The van der Waals surface area contributed by atoms with Gasteiger partial charge in [-0.1, -0.05) is 25.7 Å². The highest BCUT2D eigenvalue weighted by Gasteiger charge is 2.11. The molecule has 4 nitrogen and oxygen atoms in total. The third-order valence-electron chi connectivity index (χ3n) is 1.79. The minimum Gasteiger partial charge on any atom is -0.316 e. The van der Waals surface area contributed by atoms with E-state index >= 15 is 0 Å². The first-order valence-corrected chi connectivity index (χ1v) is 11.7. The lowest BCUT2D eigenvalue weighted by Gasteiger charge is -2.15. The zero-order chi connectivity index (χ0) is 11.9. The standard InChI is InChI=1S/C8H21NO3S2Si/c1-15(2,3)8-4-5-9-6-7-13-14(10,11)12/h9H,4-8H2,1-3H3,(H,10,11,12). The van der Waals surface area contributed by atoms with Gasteiger partial charge >= 0.3 is 9.15 Å². The van der Waals surface area contributed by atoms with Gasteiger partial charge in [-0.3, -0.25) is 4.55 Å². The predicted octanol–water partition coefficient (Wildman–Crippen LogP) is 1.84. The number of nitrogens with one attached hydrogen (secondary N) is 1. The third kappa shape index (κ3) is 14.4. The van der Waals surface area contributed by atoms with Gasteiger partial charge in [0.2, 0.25) is 0 Å². The van der Waals surface area contributed by atoms with Crippen LogP contribution in [0.25, 0.3) is 0 Å². The quantitative estimate of drug-likeness (QED) is 0.305. The zero-order valence-electron chi connectivity index (χ0n) is 9.62. The van der Waals surface area contributed by atoms with Gasteiger partial charge in [-0.05, 0) is 23.8 Å². The molecule has 0 aliphatic carbocycles. The Morgan fingerprint density at radius 1 is 1.27 bits per heavy atom. The van der Waals surface area contributed by atoms with Crippen molar-refractivity contribution in [2.75, 3.05) is 18.8 Å². The van der Waals surface area contributed by atoms with Gasteiger partial charge in [0.1, 0.15) is 0 Å². The van der Waals surface area contributed by atoms with Crippen LogP contribution in [0.15, 0.2) is 0 Å². The molecule has 0 spiro atoms. The predicted molar refractivity (Wildman–Crippen MR) is 69.6 cm³/mol. The summed E-state index contributed by atoms with van der Waals surface area (Å²) >= 11 is 0. The molecule has 0 rings (SSSR count). The van der Waals surface area contributed by atoms with Crippen molar-refractivity contribution in [1.82, 2.24) is 5.32 Å². The van der Waals surface area contributed by atoms with Gasteiger partial charge < -0.3 is 5.32 Å². The van der Waals surface area contributed by atoms with Crippen LogP contribution in [0.3, 0.4) is 0 Å². The average molecular weight is 271 g/mol. The van der Waals surface area contributed by atoms with Crippen LogP contribution >= 0.6 is 10.8 Å². The molecule has 0 saturated carbocycles. The molecule has 0 atom stereocenters. The fourth-order valence-electron chi connectivity index (χ4n) is 1.09. The van der Waals surface area contributed by atoms with E-state index in [4.69, 9.17) is 4.55 Å². The summed E-state index contributed by atoms with van der Waals surface area (Å²) in [7, 11) is -4.22. The maximum absolute atomic E-state index is 10.3. The molecule has 15 heavy (non-hydrogen) atoms. The monoisotopic (exact) mass is 271 g/mol. The Hall–Kier alpha value is 0.437. The minimum absolute atomic E-state index is 0.395. The minimum atomic E-state index is -3.86. The van der Waals surface area contributed by atoms with Crippen molar-refractivity contribution in [3.05, 3.63) is 0 Å². The van der Waals surface area contributed by atoms with Crippen LogP contribution in [0.5, 0.6) is 0 Å². The van der Waals surface area contributed by atoms with Crippen LogP contribution in [0.1, 0.15) is 6.42 Å². The highest BCUT2D eigenvalue weighted by molar-refractivity contribution is 8.69. The number of hydrogen-bond donors (Lipinski definition) is 2. The second-order valence-electron chi connectivity index (χ2n) is 4.66. The lowest BCUT2D eigenvalue weighted by molar-refractivity contribution is 0.503. The molecule has 7 heteroatoms. The first kappa shape index (κ1) is 15.4. The van der Waals surface area contributed by atoms with E-state index in [-0.39, 0.29) is 0 Å². The fraction of sp³-hybridized carbons (Fsp3) is 1.00. The van der Waals surface area contributed by atoms with Crippen molar-refractivity contribution in [2.45, 2.75) is 32.1 Å². The van der Waals surface area contributed by atoms with Crippen LogP contribution in [-0.2, 0) is 9.15 Å². The Kier molecular flexibility index (Phi) is 7.10. The van der Waals surface area contributed by atoms with Crippen molar-refractivity contribution in [3.63, 3.8) is 0 Å². The highest BCUT2D eigenvalue weighted by Crippen LogP contribution is 2.10. The lowest BCUT2D eigenvalue weighted by Crippen LogP contribution is -2.24. The van der Waals surface area contributed by atoms with E-state index in [9.17, 15) is 8.42 Å². The van der Waals surface area contributed by atoms with Crippen molar-refractivity contribution in [3.8, 4) is 0 Å². The zero-order valence-corrected chi connectivity index (χ0v) is 12.2. The van der Waals surface area contributed by atoms with E-state index in [1.165, 1.54) is 6.04 Å². The molecule has 0 bridgehead atoms. The molecule has 0 amide bonds. The van der Waals surface area contributed by atoms with Crippen molar-refractivity contribution in [1.29, 1.82) is 0 Å². The van der Waals surface area contributed by atoms with Crippen LogP contribution in [-0.4, -0.2) is 39.9 Å². The van der Waals surface area contributed by atoms with Gasteiger partial charge in [-0.25, -0.2) is 0 Å². The molecule has 0 aromatic carbocycles. The van der Waals surface area contributed by atoms with Gasteiger partial charge in [0.05, 0.1) is 0 Å². The molecule has 0 saturated heterocycles. The first-order valence-electron chi connectivity index (χ1n) is 5.03. The first-order chi connectivity index (χ1) is 6.71. The summed E-state index contributed by atoms with van der Waals surface area (Å²) in [4.78, 5) is 0. The van der Waals surface area contributed by atoms with Crippen molar-refractivity contribution in [2.24, 2.45) is 0 Å². The number of rotatable bonds is 8. The Labute approximate surface area is 97.4 Å². The Morgan fingerprint density at radius 3 is 2.33 bits per heavy atom. The normalized spacial score (nSPS) is 13.1. The fourth-order valence-corrected chi connectivity index (χ4v) is 3.65. The van der Waals surface area contributed by atoms with Crippen LogP contribution < -0.4 is 5.32 Å². The summed E-state index contributed by atoms with van der Waals surface area (Å²) in [6.07, 6.45) is 1.15. The maximum Gasteiger partial charge on any atom is 0.319 e. The molecular weight excluding hydrogens is 250 g/mol. The van der Waals surface area contributed by atoms with Crippen molar-refractivity contribution >= 4 is 28.0 Å². The second-order valence-corrected chi connectivity index (χ2v) is 13.8. The summed E-state index contributed by atoms with van der Waals surface area (Å²) in [5.41, 5.74) is 0. The Bertz CT molecular complexity index is 262.